The Balaban J connectivity index is 2.04. The molecule has 3 heteroatoms. The highest BCUT2D eigenvalue weighted by molar-refractivity contribution is 9.10. The number of hydrogen-bond acceptors (Lipinski definition) is 2. The van der Waals surface area contributed by atoms with Gasteiger partial charge in [0, 0.05) is 29.8 Å². The van der Waals surface area contributed by atoms with E-state index in [1.165, 1.54) is 35.2 Å². The van der Waals surface area contributed by atoms with Crippen LogP contribution in [0.5, 0.6) is 0 Å². The fourth-order valence-corrected chi connectivity index (χ4v) is 3.21. The predicted molar refractivity (Wildman–Crippen MR) is 86.7 cm³/mol. The van der Waals surface area contributed by atoms with Crippen LogP contribution in [0.2, 0.25) is 0 Å². The van der Waals surface area contributed by atoms with E-state index in [9.17, 15) is 0 Å². The van der Waals surface area contributed by atoms with Gasteiger partial charge in [0.15, 0.2) is 0 Å². The second-order valence-electron chi connectivity index (χ2n) is 5.79. The number of nitrogens with one attached hydrogen (secondary N) is 1. The molecule has 0 aromatic heterocycles. The fourth-order valence-electron chi connectivity index (χ4n) is 2.70. The van der Waals surface area contributed by atoms with Gasteiger partial charge in [-0.3, -0.25) is 0 Å². The van der Waals surface area contributed by atoms with E-state index in [1.54, 1.807) is 0 Å². The largest absolute Gasteiger partial charge is 0.371 e. The molecule has 1 unspecified atom stereocenters. The van der Waals surface area contributed by atoms with Crippen molar-refractivity contribution in [3.63, 3.8) is 0 Å². The van der Waals surface area contributed by atoms with Gasteiger partial charge in [0.1, 0.15) is 0 Å². The van der Waals surface area contributed by atoms with Crippen LogP contribution in [0.3, 0.4) is 0 Å². The Labute approximate surface area is 125 Å². The Kier molecular flexibility index (Phi) is 5.28. The zero-order valence-electron chi connectivity index (χ0n) is 12.2. The van der Waals surface area contributed by atoms with Crippen molar-refractivity contribution in [1.82, 2.24) is 5.32 Å². The minimum absolute atomic E-state index is 0.793. The molecule has 0 saturated carbocycles. The lowest BCUT2D eigenvalue weighted by Gasteiger charge is -2.21. The maximum absolute atomic E-state index is 3.70. The van der Waals surface area contributed by atoms with Crippen LogP contribution in [0.25, 0.3) is 0 Å². The van der Waals surface area contributed by atoms with Crippen LogP contribution in [-0.2, 0) is 6.54 Å². The fraction of sp³-hybridized carbons (Fsp3) is 0.625. The molecule has 19 heavy (non-hydrogen) atoms. The van der Waals surface area contributed by atoms with Crippen molar-refractivity contribution >= 4 is 21.6 Å². The second kappa shape index (κ2) is 6.76. The average molecular weight is 325 g/mol. The van der Waals surface area contributed by atoms with E-state index >= 15 is 0 Å². The highest BCUT2D eigenvalue weighted by Gasteiger charge is 2.25. The van der Waals surface area contributed by atoms with Crippen LogP contribution >= 0.6 is 15.9 Å². The maximum Gasteiger partial charge on any atom is 0.0377 e. The van der Waals surface area contributed by atoms with Gasteiger partial charge in [-0.25, -0.2) is 0 Å². The first kappa shape index (κ1) is 14.9. The van der Waals surface area contributed by atoms with Crippen LogP contribution in [-0.4, -0.2) is 19.6 Å². The minimum Gasteiger partial charge on any atom is -0.371 e. The summed E-state index contributed by atoms with van der Waals surface area (Å²) in [4.78, 5) is 2.52. The molecule has 0 aliphatic carbocycles. The van der Waals surface area contributed by atoms with E-state index in [0.717, 1.165) is 24.9 Å². The van der Waals surface area contributed by atoms with Crippen LogP contribution in [0.1, 0.15) is 32.8 Å². The summed E-state index contributed by atoms with van der Waals surface area (Å²) in [5.74, 6) is 1.64. The Morgan fingerprint density at radius 3 is 2.79 bits per heavy atom. The Bertz CT molecular complexity index is 417. The molecule has 1 saturated heterocycles. The molecule has 0 radical (unpaired) electrons. The van der Waals surface area contributed by atoms with Gasteiger partial charge in [0.2, 0.25) is 0 Å². The van der Waals surface area contributed by atoms with Gasteiger partial charge < -0.3 is 10.2 Å². The zero-order chi connectivity index (χ0) is 13.8. The molecule has 1 aliphatic rings. The van der Waals surface area contributed by atoms with Crippen molar-refractivity contribution in [2.75, 3.05) is 24.5 Å². The Morgan fingerprint density at radius 1 is 1.42 bits per heavy atom. The topological polar surface area (TPSA) is 15.3 Å². The predicted octanol–water partition coefficient (Wildman–Crippen LogP) is 4.04. The first-order valence-corrected chi connectivity index (χ1v) is 8.15. The molecule has 1 fully saturated rings. The van der Waals surface area contributed by atoms with Gasteiger partial charge in [-0.1, -0.05) is 42.8 Å². The summed E-state index contributed by atoms with van der Waals surface area (Å²) in [6, 6.07) is 6.78. The molecular formula is C16H25BrN2. The van der Waals surface area contributed by atoms with Crippen molar-refractivity contribution in [3.8, 4) is 0 Å². The molecule has 1 aliphatic heterocycles. The average Bonchev–Trinajstić information content (AvgIpc) is 2.87. The normalized spacial score (nSPS) is 19.4. The smallest absolute Gasteiger partial charge is 0.0377 e. The number of halogens is 1. The molecule has 1 atom stereocenters. The number of benzene rings is 1. The molecular weight excluding hydrogens is 300 g/mol. The lowest BCUT2D eigenvalue weighted by Crippen LogP contribution is -2.21. The lowest BCUT2D eigenvalue weighted by atomic mass is 9.95. The second-order valence-corrected chi connectivity index (χ2v) is 6.65. The van der Waals surface area contributed by atoms with Crippen molar-refractivity contribution in [3.05, 3.63) is 28.2 Å². The van der Waals surface area contributed by atoms with Crippen molar-refractivity contribution in [1.29, 1.82) is 0 Å². The van der Waals surface area contributed by atoms with Crippen LogP contribution in [0.15, 0.2) is 22.7 Å². The van der Waals surface area contributed by atoms with Gasteiger partial charge in [0.05, 0.1) is 0 Å². The van der Waals surface area contributed by atoms with Gasteiger partial charge >= 0.3 is 0 Å². The SMILES string of the molecule is CCNCc1ccc(N2CCC(C(C)C)C2)cc1Br. The van der Waals surface area contributed by atoms with Crippen molar-refractivity contribution in [2.45, 2.75) is 33.7 Å². The van der Waals surface area contributed by atoms with Crippen LogP contribution in [0.4, 0.5) is 5.69 Å². The molecule has 2 nitrogen and oxygen atoms in total. The lowest BCUT2D eigenvalue weighted by molar-refractivity contribution is 0.423. The van der Waals surface area contributed by atoms with Gasteiger partial charge in [-0.05, 0) is 42.5 Å². The molecule has 2 rings (SSSR count). The first-order valence-electron chi connectivity index (χ1n) is 7.36. The van der Waals surface area contributed by atoms with Gasteiger partial charge in [-0.15, -0.1) is 0 Å². The highest BCUT2D eigenvalue weighted by atomic mass is 79.9. The van der Waals surface area contributed by atoms with E-state index < -0.39 is 0 Å². The molecule has 0 spiro atoms. The number of nitrogens with zero attached hydrogens (tertiary/aromatic N) is 1. The molecule has 1 heterocycles. The van der Waals surface area contributed by atoms with Crippen molar-refractivity contribution < 1.29 is 0 Å². The molecule has 1 N–H and O–H groups in total. The minimum atomic E-state index is 0.793. The van der Waals surface area contributed by atoms with Gasteiger partial charge in [-0.2, -0.15) is 0 Å². The standard InChI is InChI=1S/C16H25BrN2/c1-4-18-10-13-5-6-15(9-16(13)17)19-8-7-14(11-19)12(2)3/h5-6,9,12,14,18H,4,7-8,10-11H2,1-3H3. The van der Waals surface area contributed by atoms with E-state index in [1.807, 2.05) is 0 Å². The van der Waals surface area contributed by atoms with Crippen LogP contribution in [0, 0.1) is 11.8 Å². The summed E-state index contributed by atoms with van der Waals surface area (Å²) in [7, 11) is 0. The molecule has 1 aromatic rings. The summed E-state index contributed by atoms with van der Waals surface area (Å²) < 4.78 is 1.22. The molecule has 1 aromatic carbocycles. The van der Waals surface area contributed by atoms with E-state index in [2.05, 4.69) is 65.1 Å². The van der Waals surface area contributed by atoms with E-state index in [-0.39, 0.29) is 0 Å². The van der Waals surface area contributed by atoms with Crippen LogP contribution < -0.4 is 10.2 Å². The number of anilines is 1. The number of hydrogen-bond donors (Lipinski definition) is 1. The monoisotopic (exact) mass is 324 g/mol. The molecule has 106 valence electrons. The Hall–Kier alpha value is -0.540. The van der Waals surface area contributed by atoms with E-state index in [0.29, 0.717) is 0 Å². The zero-order valence-corrected chi connectivity index (χ0v) is 13.8. The third kappa shape index (κ3) is 3.73. The number of rotatable bonds is 5. The third-order valence-corrected chi connectivity index (χ3v) is 4.87. The Morgan fingerprint density at radius 2 is 2.21 bits per heavy atom. The molecule has 0 bridgehead atoms. The van der Waals surface area contributed by atoms with E-state index in [4.69, 9.17) is 0 Å². The van der Waals surface area contributed by atoms with Gasteiger partial charge in [0.25, 0.3) is 0 Å². The molecule has 0 amide bonds. The quantitative estimate of drug-likeness (QED) is 0.879. The summed E-state index contributed by atoms with van der Waals surface area (Å²) in [5, 5.41) is 3.37. The van der Waals surface area contributed by atoms with Crippen molar-refractivity contribution in [2.24, 2.45) is 11.8 Å². The summed E-state index contributed by atoms with van der Waals surface area (Å²) in [6.45, 7) is 11.2. The first-order chi connectivity index (χ1) is 9.11. The summed E-state index contributed by atoms with van der Waals surface area (Å²) in [5.41, 5.74) is 2.69. The summed E-state index contributed by atoms with van der Waals surface area (Å²) >= 11 is 3.70. The maximum atomic E-state index is 3.70. The highest BCUT2D eigenvalue weighted by Crippen LogP contribution is 2.30. The third-order valence-electron chi connectivity index (χ3n) is 4.13. The summed E-state index contributed by atoms with van der Waals surface area (Å²) in [6.07, 6.45) is 1.33.